The Bertz CT molecular complexity index is 981. The summed E-state index contributed by atoms with van der Waals surface area (Å²) in [7, 11) is 0. The van der Waals surface area contributed by atoms with Gasteiger partial charge in [-0.15, -0.1) is 0 Å². The van der Waals surface area contributed by atoms with Crippen molar-refractivity contribution in [2.45, 2.75) is 69.9 Å². The molecule has 5 nitrogen and oxygen atoms in total. The van der Waals surface area contributed by atoms with E-state index in [0.29, 0.717) is 18.6 Å². The number of amides is 1. The highest BCUT2D eigenvalue weighted by Gasteiger charge is 2.40. The summed E-state index contributed by atoms with van der Waals surface area (Å²) < 4.78 is 0. The van der Waals surface area contributed by atoms with Gasteiger partial charge >= 0.3 is 0 Å². The van der Waals surface area contributed by atoms with Crippen LogP contribution >= 0.6 is 0 Å². The number of hydrogen-bond acceptors (Lipinski definition) is 4. The fourth-order valence-corrected chi connectivity index (χ4v) is 5.09. The van der Waals surface area contributed by atoms with E-state index in [2.05, 4.69) is 30.4 Å². The minimum atomic E-state index is 0.102. The molecule has 1 saturated heterocycles. The summed E-state index contributed by atoms with van der Waals surface area (Å²) in [4.78, 5) is 31.7. The van der Waals surface area contributed by atoms with Gasteiger partial charge in [-0.2, -0.15) is 5.26 Å². The molecule has 4 aliphatic rings. The first-order valence-corrected chi connectivity index (χ1v) is 10.7. The molecule has 2 bridgehead atoms. The number of nitrogens with zero attached hydrogens (tertiary/aromatic N) is 3. The number of carbonyl (C=O) groups excluding carboxylic acids is 2. The van der Waals surface area contributed by atoms with Crippen LogP contribution in [0.25, 0.3) is 11.6 Å². The normalized spacial score (nSPS) is 24.2. The summed E-state index contributed by atoms with van der Waals surface area (Å²) in [5.74, 6) is 0.676. The zero-order valence-electron chi connectivity index (χ0n) is 16.6. The van der Waals surface area contributed by atoms with E-state index in [9.17, 15) is 9.59 Å². The minimum Gasteiger partial charge on any atom is -0.333 e. The monoisotopic (exact) mass is 387 g/mol. The number of fused-ring (bicyclic) bond motifs is 3. The minimum absolute atomic E-state index is 0.102. The van der Waals surface area contributed by atoms with Crippen LogP contribution in [0.15, 0.2) is 18.2 Å². The second-order valence-corrected chi connectivity index (χ2v) is 8.70. The molecule has 1 aromatic heterocycles. The molecular formula is C24H25N3O2. The summed E-state index contributed by atoms with van der Waals surface area (Å²) in [6.45, 7) is 0. The van der Waals surface area contributed by atoms with Crippen LogP contribution < -0.4 is 0 Å². The van der Waals surface area contributed by atoms with Crippen molar-refractivity contribution in [1.82, 2.24) is 9.88 Å². The Morgan fingerprint density at radius 1 is 1.24 bits per heavy atom. The van der Waals surface area contributed by atoms with Gasteiger partial charge in [-0.3, -0.25) is 14.6 Å². The number of ketones is 1. The summed E-state index contributed by atoms with van der Waals surface area (Å²) in [6.07, 6.45) is 13.3. The first kappa shape index (κ1) is 18.3. The highest BCUT2D eigenvalue weighted by atomic mass is 16.2. The first-order valence-electron chi connectivity index (χ1n) is 10.7. The number of nitriles is 1. The smallest absolute Gasteiger partial charge is 0.224 e. The third-order valence-corrected chi connectivity index (χ3v) is 6.65. The Hall–Kier alpha value is -2.74. The van der Waals surface area contributed by atoms with Crippen LogP contribution in [0.2, 0.25) is 0 Å². The standard InChI is InChI=1S/C24H25N3O2/c25-10-2-5-24(29)27-18-8-9-19(27)12-16(11-18)21-13-17(14-23(28)15-6-7-15)26-22-4-1-3-20(21)22/h1,3,11,13,15,18-19H,2,4-9,12,14H2. The fourth-order valence-electron chi connectivity index (χ4n) is 5.09. The third kappa shape index (κ3) is 3.42. The van der Waals surface area contributed by atoms with Crippen LogP contribution in [0.1, 0.15) is 67.5 Å². The van der Waals surface area contributed by atoms with Crippen molar-refractivity contribution in [3.63, 3.8) is 0 Å². The first-order chi connectivity index (χ1) is 14.1. The molecule has 2 aliphatic heterocycles. The van der Waals surface area contributed by atoms with Gasteiger partial charge in [0.2, 0.25) is 5.91 Å². The zero-order chi connectivity index (χ0) is 20.0. The van der Waals surface area contributed by atoms with E-state index in [1.807, 2.05) is 4.90 Å². The lowest BCUT2D eigenvalue weighted by Crippen LogP contribution is -2.42. The second-order valence-electron chi connectivity index (χ2n) is 8.70. The molecule has 0 aromatic carbocycles. The van der Waals surface area contributed by atoms with Crippen molar-refractivity contribution in [2.24, 2.45) is 5.92 Å². The summed E-state index contributed by atoms with van der Waals surface area (Å²) in [5, 5.41) is 8.80. The summed E-state index contributed by atoms with van der Waals surface area (Å²) >= 11 is 0. The lowest BCUT2D eigenvalue weighted by molar-refractivity contribution is -0.133. The number of pyridine rings is 1. The molecular weight excluding hydrogens is 362 g/mol. The van der Waals surface area contributed by atoms with Gasteiger partial charge in [0, 0.05) is 48.9 Å². The van der Waals surface area contributed by atoms with Crippen molar-refractivity contribution in [2.75, 3.05) is 0 Å². The number of hydrogen-bond donors (Lipinski definition) is 0. The SMILES string of the molecule is N#CCCC(=O)N1C2C=C(c3cc(CC(=O)C4CC4)nc4c3C=CC4)CC1CC2. The predicted molar refractivity (Wildman–Crippen MR) is 110 cm³/mol. The largest absolute Gasteiger partial charge is 0.333 e. The molecule has 0 radical (unpaired) electrons. The van der Waals surface area contributed by atoms with E-state index < -0.39 is 0 Å². The third-order valence-electron chi connectivity index (χ3n) is 6.65. The molecule has 1 aromatic rings. The van der Waals surface area contributed by atoms with Crippen molar-refractivity contribution in [3.05, 3.63) is 40.7 Å². The zero-order valence-corrected chi connectivity index (χ0v) is 16.6. The molecule has 5 rings (SSSR count). The number of carbonyl (C=O) groups is 2. The van der Waals surface area contributed by atoms with Gasteiger partial charge in [0.1, 0.15) is 5.78 Å². The van der Waals surface area contributed by atoms with E-state index in [4.69, 9.17) is 10.2 Å². The second kappa shape index (κ2) is 7.26. The van der Waals surface area contributed by atoms with Crippen molar-refractivity contribution in [1.29, 1.82) is 5.26 Å². The van der Waals surface area contributed by atoms with Crippen LogP contribution in [-0.2, 0) is 22.4 Å². The van der Waals surface area contributed by atoms with Crippen LogP contribution in [-0.4, -0.2) is 33.7 Å². The quantitative estimate of drug-likeness (QED) is 0.747. The van der Waals surface area contributed by atoms with E-state index in [1.165, 1.54) is 16.7 Å². The lowest BCUT2D eigenvalue weighted by atomic mass is 9.90. The van der Waals surface area contributed by atoms with Crippen molar-refractivity contribution >= 4 is 23.3 Å². The molecule has 0 N–H and O–H groups in total. The van der Waals surface area contributed by atoms with Gasteiger partial charge in [0.25, 0.3) is 0 Å². The van der Waals surface area contributed by atoms with Crippen LogP contribution in [0.4, 0.5) is 0 Å². The maximum atomic E-state index is 12.6. The molecule has 3 heterocycles. The van der Waals surface area contributed by atoms with Gasteiger partial charge < -0.3 is 4.90 Å². The average molecular weight is 387 g/mol. The van der Waals surface area contributed by atoms with Gasteiger partial charge in [-0.05, 0) is 49.3 Å². The molecule has 2 atom stereocenters. The molecule has 1 saturated carbocycles. The van der Waals surface area contributed by atoms with E-state index in [-0.39, 0.29) is 30.3 Å². The molecule has 2 aliphatic carbocycles. The van der Waals surface area contributed by atoms with Gasteiger partial charge in [-0.1, -0.05) is 18.2 Å². The highest BCUT2D eigenvalue weighted by molar-refractivity contribution is 5.86. The molecule has 29 heavy (non-hydrogen) atoms. The summed E-state index contributed by atoms with van der Waals surface area (Å²) in [6, 6.07) is 4.54. The number of allylic oxidation sites excluding steroid dienone is 1. The predicted octanol–water partition coefficient (Wildman–Crippen LogP) is 3.62. The fraction of sp³-hybridized carbons (Fsp3) is 0.500. The van der Waals surface area contributed by atoms with Crippen LogP contribution in [0.3, 0.4) is 0 Å². The van der Waals surface area contributed by atoms with Crippen LogP contribution in [0, 0.1) is 17.2 Å². The molecule has 148 valence electrons. The Labute approximate surface area is 171 Å². The number of aromatic nitrogens is 1. The van der Waals surface area contributed by atoms with E-state index in [1.54, 1.807) is 0 Å². The Morgan fingerprint density at radius 2 is 2.10 bits per heavy atom. The maximum absolute atomic E-state index is 12.6. The lowest BCUT2D eigenvalue weighted by Gasteiger charge is -2.34. The average Bonchev–Trinajstić information content (AvgIpc) is 3.41. The number of Topliss-reactive ketones (excluding diaryl/α,β-unsaturated/α-hetero) is 1. The Balaban J connectivity index is 1.44. The molecule has 0 spiro atoms. The molecule has 1 amide bonds. The van der Waals surface area contributed by atoms with Crippen molar-refractivity contribution < 1.29 is 9.59 Å². The topological polar surface area (TPSA) is 74.1 Å². The van der Waals surface area contributed by atoms with Gasteiger partial charge in [-0.25, -0.2) is 0 Å². The molecule has 2 fully saturated rings. The van der Waals surface area contributed by atoms with Gasteiger partial charge in [0.05, 0.1) is 17.8 Å². The Kier molecular flexibility index (Phi) is 4.58. The van der Waals surface area contributed by atoms with E-state index in [0.717, 1.165) is 49.9 Å². The highest BCUT2D eigenvalue weighted by Crippen LogP contribution is 2.41. The maximum Gasteiger partial charge on any atom is 0.224 e. The van der Waals surface area contributed by atoms with Crippen LogP contribution in [0.5, 0.6) is 0 Å². The van der Waals surface area contributed by atoms with Gasteiger partial charge in [0.15, 0.2) is 0 Å². The Morgan fingerprint density at radius 3 is 2.86 bits per heavy atom. The van der Waals surface area contributed by atoms with Crippen molar-refractivity contribution in [3.8, 4) is 6.07 Å². The number of rotatable bonds is 6. The summed E-state index contributed by atoms with van der Waals surface area (Å²) in [5.41, 5.74) is 5.63. The van der Waals surface area contributed by atoms with E-state index >= 15 is 0 Å². The molecule has 5 heteroatoms. The molecule has 2 unspecified atom stereocenters.